The number of esters is 1. The van der Waals surface area contributed by atoms with Gasteiger partial charge in [0.05, 0.1) is 23.7 Å². The number of aliphatic hydroxyl groups is 2. The first-order chi connectivity index (χ1) is 16.1. The molecule has 0 amide bonds. The second kappa shape index (κ2) is 6.15. The van der Waals surface area contributed by atoms with Crippen LogP contribution < -0.4 is 0 Å². The van der Waals surface area contributed by atoms with Gasteiger partial charge in [0.2, 0.25) is 0 Å². The first-order valence-electron chi connectivity index (χ1n) is 14.4. The van der Waals surface area contributed by atoms with Crippen LogP contribution in [0.25, 0.3) is 0 Å². The van der Waals surface area contributed by atoms with Crippen molar-refractivity contribution < 1.29 is 24.5 Å². The van der Waals surface area contributed by atoms with Crippen molar-refractivity contribution in [2.75, 3.05) is 0 Å². The lowest BCUT2D eigenvalue weighted by Crippen LogP contribution is -2.76. The van der Waals surface area contributed by atoms with E-state index < -0.39 is 17.8 Å². The molecule has 5 saturated carbocycles. The summed E-state index contributed by atoms with van der Waals surface area (Å²) < 4.78 is 13.5. The zero-order valence-electron chi connectivity index (χ0n) is 22.8. The molecule has 7 fully saturated rings. The molecule has 5 nitrogen and oxygen atoms in total. The smallest absolute Gasteiger partial charge is 0.313 e. The molecule has 7 rings (SSSR count). The molecule has 2 saturated heterocycles. The number of fused-ring (bicyclic) bond motifs is 6. The van der Waals surface area contributed by atoms with Gasteiger partial charge in [-0.05, 0) is 84.9 Å². The van der Waals surface area contributed by atoms with Crippen molar-refractivity contribution in [3.05, 3.63) is 0 Å². The molecule has 0 aromatic heterocycles. The highest BCUT2D eigenvalue weighted by Gasteiger charge is 2.89. The number of carbonyl (C=O) groups excluding carboxylic acids is 1. The van der Waals surface area contributed by atoms with Crippen molar-refractivity contribution in [2.45, 2.75) is 130 Å². The average Bonchev–Trinajstić information content (AvgIpc) is 3.49. The Morgan fingerprint density at radius 2 is 1.54 bits per heavy atom. The van der Waals surface area contributed by atoms with Crippen LogP contribution in [-0.2, 0) is 14.3 Å². The van der Waals surface area contributed by atoms with Crippen molar-refractivity contribution in [3.8, 4) is 0 Å². The summed E-state index contributed by atoms with van der Waals surface area (Å²) >= 11 is 0. The number of ether oxygens (including phenoxy) is 2. The number of carbonyl (C=O) groups is 1. The van der Waals surface area contributed by atoms with Gasteiger partial charge >= 0.3 is 5.97 Å². The minimum atomic E-state index is -0.581. The lowest BCUT2D eigenvalue weighted by molar-refractivity contribution is -0.293. The lowest BCUT2D eigenvalue weighted by Gasteiger charge is -2.73. The topological polar surface area (TPSA) is 79.3 Å². The third-order valence-corrected chi connectivity index (χ3v) is 14.1. The van der Waals surface area contributed by atoms with E-state index in [1.807, 2.05) is 0 Å². The first kappa shape index (κ1) is 23.5. The van der Waals surface area contributed by atoms with Crippen LogP contribution in [-0.4, -0.2) is 46.2 Å². The van der Waals surface area contributed by atoms with E-state index in [0.29, 0.717) is 12.3 Å². The molecule has 0 aromatic carbocycles. The first-order valence-corrected chi connectivity index (χ1v) is 14.4. The van der Waals surface area contributed by atoms with Gasteiger partial charge < -0.3 is 19.7 Å². The van der Waals surface area contributed by atoms with Crippen molar-refractivity contribution >= 4 is 5.97 Å². The number of hydrogen-bond acceptors (Lipinski definition) is 5. The predicted molar refractivity (Wildman–Crippen MR) is 131 cm³/mol. The van der Waals surface area contributed by atoms with E-state index in [-0.39, 0.29) is 62.5 Å². The SMILES string of the molecule is CC1(C)CC[C@@]23CC[C@]4(C)[C@@](OC2=O)([C@@H]3C1)[C@H]1O[C@H]1[C@@H]1[C@@]2(C)CC[C@H](O)C(C)(C)[C@@H]2[C@H](O)C[C@]14C. The molecule has 1 spiro atoms. The highest BCUT2D eigenvalue weighted by atomic mass is 16.6. The fourth-order valence-electron chi connectivity index (χ4n) is 12.3. The molecule has 196 valence electrons. The second-order valence-corrected chi connectivity index (χ2v) is 16.1. The van der Waals surface area contributed by atoms with Crippen molar-refractivity contribution in [1.29, 1.82) is 0 Å². The maximum absolute atomic E-state index is 13.8. The Morgan fingerprint density at radius 1 is 0.857 bits per heavy atom. The van der Waals surface area contributed by atoms with Crippen LogP contribution in [0, 0.1) is 50.2 Å². The summed E-state index contributed by atoms with van der Waals surface area (Å²) in [5.74, 6) is 0.561. The monoisotopic (exact) mass is 486 g/mol. The summed E-state index contributed by atoms with van der Waals surface area (Å²) in [6.45, 7) is 16.2. The third kappa shape index (κ3) is 2.26. The Balaban J connectivity index is 1.40. The van der Waals surface area contributed by atoms with Crippen LogP contribution >= 0.6 is 0 Å². The van der Waals surface area contributed by atoms with Crippen LogP contribution in [0.3, 0.4) is 0 Å². The minimum Gasteiger partial charge on any atom is -0.455 e. The number of rotatable bonds is 0. The van der Waals surface area contributed by atoms with Crippen molar-refractivity contribution in [3.63, 3.8) is 0 Å². The maximum Gasteiger partial charge on any atom is 0.313 e. The highest BCUT2D eigenvalue weighted by Crippen LogP contribution is 2.83. The summed E-state index contributed by atoms with van der Waals surface area (Å²) in [5, 5.41) is 22.9. The largest absolute Gasteiger partial charge is 0.455 e. The lowest BCUT2D eigenvalue weighted by atomic mass is 9.30. The molecular weight excluding hydrogens is 440 g/mol. The molecular formula is C30H46O5. The molecule has 7 aliphatic rings. The van der Waals surface area contributed by atoms with E-state index in [1.54, 1.807) is 0 Å². The Bertz CT molecular complexity index is 1000. The molecule has 2 aliphatic heterocycles. The van der Waals surface area contributed by atoms with E-state index in [1.165, 1.54) is 0 Å². The van der Waals surface area contributed by atoms with Crippen LogP contribution in [0.4, 0.5) is 0 Å². The molecule has 0 aromatic rings. The van der Waals surface area contributed by atoms with Crippen LogP contribution in [0.15, 0.2) is 0 Å². The Kier molecular flexibility index (Phi) is 4.12. The molecule has 2 N–H and O–H groups in total. The number of aliphatic hydroxyl groups excluding tert-OH is 2. The van der Waals surface area contributed by atoms with Gasteiger partial charge in [0.25, 0.3) is 0 Å². The molecule has 0 radical (unpaired) electrons. The van der Waals surface area contributed by atoms with E-state index >= 15 is 0 Å². The van der Waals surface area contributed by atoms with E-state index in [0.717, 1.165) is 44.9 Å². The van der Waals surface area contributed by atoms with Crippen LogP contribution in [0.1, 0.15) is 99.8 Å². The second-order valence-electron chi connectivity index (χ2n) is 16.1. The Hall–Kier alpha value is -0.650. The third-order valence-electron chi connectivity index (χ3n) is 14.1. The van der Waals surface area contributed by atoms with E-state index in [4.69, 9.17) is 9.47 Å². The molecule has 12 atom stereocenters. The molecule has 35 heavy (non-hydrogen) atoms. The normalized spacial score (nSPS) is 63.0. The van der Waals surface area contributed by atoms with Gasteiger partial charge in [0.1, 0.15) is 6.10 Å². The molecule has 2 bridgehead atoms. The summed E-state index contributed by atoms with van der Waals surface area (Å²) in [5.41, 5.74) is -1.64. The molecule has 2 heterocycles. The summed E-state index contributed by atoms with van der Waals surface area (Å²) in [4.78, 5) is 13.8. The fourth-order valence-corrected chi connectivity index (χ4v) is 12.3. The summed E-state index contributed by atoms with van der Waals surface area (Å²) in [7, 11) is 0. The average molecular weight is 487 g/mol. The van der Waals surface area contributed by atoms with Crippen LogP contribution in [0.5, 0.6) is 0 Å². The highest BCUT2D eigenvalue weighted by molar-refractivity contribution is 5.82. The van der Waals surface area contributed by atoms with Gasteiger partial charge in [-0.25, -0.2) is 0 Å². The quantitative estimate of drug-likeness (QED) is 0.377. The Morgan fingerprint density at radius 3 is 2.26 bits per heavy atom. The predicted octanol–water partition coefficient (Wildman–Crippen LogP) is 4.87. The summed E-state index contributed by atoms with van der Waals surface area (Å²) in [6.07, 6.45) is 6.46. The van der Waals surface area contributed by atoms with E-state index in [9.17, 15) is 15.0 Å². The van der Waals surface area contributed by atoms with Gasteiger partial charge in [0, 0.05) is 11.3 Å². The number of epoxide rings is 1. The standard InChI is InChI=1S/C30H46O5/c1-24(2)10-12-29-13-11-28(7)27(6)14-16(31)20-25(3,4)18(32)8-9-26(20,5)21(27)19-22(34-19)30(28,17(29)15-24)35-23(29)33/h16-22,31-32H,8-15H2,1-7H3/t16-,17-,18+,19+,20+,21-,22+,26+,27-,28+,29+,30-/m1/s1. The van der Waals surface area contributed by atoms with Gasteiger partial charge in [-0.3, -0.25) is 4.79 Å². The number of hydrogen-bond donors (Lipinski definition) is 2. The zero-order chi connectivity index (χ0) is 25.2. The van der Waals surface area contributed by atoms with Gasteiger partial charge in [-0.15, -0.1) is 0 Å². The van der Waals surface area contributed by atoms with Gasteiger partial charge in [-0.1, -0.05) is 48.5 Å². The molecule has 5 aliphatic carbocycles. The molecule has 0 unspecified atom stereocenters. The summed E-state index contributed by atoms with van der Waals surface area (Å²) in [6, 6.07) is 0. The Labute approximate surface area is 210 Å². The van der Waals surface area contributed by atoms with Gasteiger partial charge in [-0.2, -0.15) is 0 Å². The van der Waals surface area contributed by atoms with Crippen LogP contribution in [0.2, 0.25) is 0 Å². The maximum atomic E-state index is 13.8. The van der Waals surface area contributed by atoms with Crippen molar-refractivity contribution in [2.24, 2.45) is 50.2 Å². The zero-order valence-corrected chi connectivity index (χ0v) is 22.8. The molecule has 5 heteroatoms. The van der Waals surface area contributed by atoms with Crippen molar-refractivity contribution in [1.82, 2.24) is 0 Å². The van der Waals surface area contributed by atoms with E-state index in [2.05, 4.69) is 48.5 Å². The fraction of sp³-hybridized carbons (Fsp3) is 0.967. The minimum absolute atomic E-state index is 0.0294. The van der Waals surface area contributed by atoms with Gasteiger partial charge in [0.15, 0.2) is 5.60 Å².